The molecule has 0 aromatic heterocycles. The molecule has 4 heteroatoms. The van der Waals surface area contributed by atoms with Crippen LogP contribution in [0.15, 0.2) is 11.0 Å². The summed E-state index contributed by atoms with van der Waals surface area (Å²) >= 11 is 1.49. The van der Waals surface area contributed by atoms with E-state index in [9.17, 15) is 4.79 Å². The Morgan fingerprint density at radius 1 is 1.56 bits per heavy atom. The fourth-order valence-corrected chi connectivity index (χ4v) is 2.77. The third-order valence-corrected chi connectivity index (χ3v) is 3.93. The third kappa shape index (κ3) is 2.59. The number of nitriles is 1. The molecule has 1 fully saturated rings. The maximum atomic E-state index is 11.0. The minimum Gasteiger partial charge on any atom is -0.481 e. The number of carboxylic acids is 1. The highest BCUT2D eigenvalue weighted by Crippen LogP contribution is 2.59. The summed E-state index contributed by atoms with van der Waals surface area (Å²) in [5.74, 6) is -1.12. The lowest BCUT2D eigenvalue weighted by atomic mass is 10.1. The van der Waals surface area contributed by atoms with Crippen LogP contribution in [0.25, 0.3) is 0 Å². The molecule has 0 spiro atoms. The lowest BCUT2D eigenvalue weighted by Crippen LogP contribution is -2.03. The molecule has 3 nitrogen and oxygen atoms in total. The predicted molar refractivity (Wildman–Crippen MR) is 64.8 cm³/mol. The molecular weight excluding hydrogens is 222 g/mol. The van der Waals surface area contributed by atoms with Gasteiger partial charge in [0.25, 0.3) is 0 Å². The van der Waals surface area contributed by atoms with Gasteiger partial charge in [0.05, 0.1) is 10.8 Å². The standard InChI is InChI=1S/C12H17NO2S/c1-7(2)16-8(6-13)5-9-10(11(14)15)12(9,3)4/h5,7,9-10H,1-4H3,(H,14,15)/t9?,10-/m0/s1. The van der Waals surface area contributed by atoms with Crippen molar-refractivity contribution in [3.63, 3.8) is 0 Å². The summed E-state index contributed by atoms with van der Waals surface area (Å²) in [6, 6.07) is 2.13. The van der Waals surface area contributed by atoms with Gasteiger partial charge in [-0.1, -0.05) is 33.8 Å². The second kappa shape index (κ2) is 4.50. The minimum atomic E-state index is -0.766. The van der Waals surface area contributed by atoms with Crippen LogP contribution in [0.3, 0.4) is 0 Å². The van der Waals surface area contributed by atoms with Gasteiger partial charge in [0.1, 0.15) is 6.07 Å². The molecule has 88 valence electrons. The van der Waals surface area contributed by atoms with Gasteiger partial charge in [-0.3, -0.25) is 4.79 Å². The van der Waals surface area contributed by atoms with Crippen molar-refractivity contribution in [2.75, 3.05) is 0 Å². The first kappa shape index (κ1) is 13.1. The summed E-state index contributed by atoms with van der Waals surface area (Å²) in [5.41, 5.74) is -0.217. The van der Waals surface area contributed by atoms with Crippen LogP contribution in [-0.4, -0.2) is 16.3 Å². The molecule has 1 aliphatic carbocycles. The van der Waals surface area contributed by atoms with E-state index < -0.39 is 5.97 Å². The first-order valence-corrected chi connectivity index (χ1v) is 6.20. The Morgan fingerprint density at radius 2 is 2.12 bits per heavy atom. The molecule has 0 radical (unpaired) electrons. The number of hydrogen-bond acceptors (Lipinski definition) is 3. The lowest BCUT2D eigenvalue weighted by Gasteiger charge is -2.02. The van der Waals surface area contributed by atoms with Gasteiger partial charge in [-0.25, -0.2) is 0 Å². The fourth-order valence-electron chi connectivity index (χ4n) is 1.98. The average molecular weight is 239 g/mol. The molecule has 16 heavy (non-hydrogen) atoms. The number of nitrogens with zero attached hydrogens (tertiary/aromatic N) is 1. The minimum absolute atomic E-state index is 0.00843. The van der Waals surface area contributed by atoms with Crippen molar-refractivity contribution in [3.05, 3.63) is 11.0 Å². The molecule has 1 N–H and O–H groups in total. The first-order chi connectivity index (χ1) is 7.30. The van der Waals surface area contributed by atoms with E-state index in [1.54, 1.807) is 0 Å². The normalized spacial score (nSPS) is 27.6. The molecule has 0 saturated heterocycles. The molecule has 0 heterocycles. The Morgan fingerprint density at radius 3 is 2.44 bits per heavy atom. The highest BCUT2D eigenvalue weighted by atomic mass is 32.2. The summed E-state index contributed by atoms with van der Waals surface area (Å²) in [4.78, 5) is 11.6. The molecule has 1 unspecified atom stereocenters. The molecule has 0 amide bonds. The second-order valence-electron chi connectivity index (χ2n) is 4.97. The van der Waals surface area contributed by atoms with Crippen molar-refractivity contribution in [1.82, 2.24) is 0 Å². The Kier molecular flexibility index (Phi) is 3.69. The second-order valence-corrected chi connectivity index (χ2v) is 6.59. The van der Waals surface area contributed by atoms with E-state index >= 15 is 0 Å². The van der Waals surface area contributed by atoms with Crippen molar-refractivity contribution >= 4 is 17.7 Å². The van der Waals surface area contributed by atoms with Crippen LogP contribution in [0.1, 0.15) is 27.7 Å². The van der Waals surface area contributed by atoms with Crippen LogP contribution in [0.4, 0.5) is 0 Å². The van der Waals surface area contributed by atoms with Crippen molar-refractivity contribution in [3.8, 4) is 6.07 Å². The van der Waals surface area contributed by atoms with Crippen molar-refractivity contribution in [2.24, 2.45) is 17.3 Å². The molecule has 0 aromatic carbocycles. The summed E-state index contributed by atoms with van der Waals surface area (Å²) in [6.07, 6.45) is 1.82. The van der Waals surface area contributed by atoms with Crippen molar-refractivity contribution < 1.29 is 9.90 Å². The number of hydrogen-bond donors (Lipinski definition) is 1. The molecule has 1 saturated carbocycles. The van der Waals surface area contributed by atoms with Gasteiger partial charge in [0.2, 0.25) is 0 Å². The number of allylic oxidation sites excluding steroid dienone is 2. The largest absolute Gasteiger partial charge is 0.481 e. The van der Waals surface area contributed by atoms with E-state index in [0.717, 1.165) is 0 Å². The summed E-state index contributed by atoms with van der Waals surface area (Å²) in [6.45, 7) is 7.90. The molecular formula is C12H17NO2S. The predicted octanol–water partition coefficient (Wildman–Crippen LogP) is 2.89. The number of aliphatic carboxylic acids is 1. The highest BCUT2D eigenvalue weighted by Gasteiger charge is 2.61. The van der Waals surface area contributed by atoms with E-state index in [-0.39, 0.29) is 17.3 Å². The van der Waals surface area contributed by atoms with Gasteiger partial charge in [-0.05, 0) is 11.3 Å². The van der Waals surface area contributed by atoms with Gasteiger partial charge in [-0.15, -0.1) is 11.8 Å². The van der Waals surface area contributed by atoms with Crippen LogP contribution in [0.2, 0.25) is 0 Å². The maximum Gasteiger partial charge on any atom is 0.307 e. The third-order valence-electron chi connectivity index (χ3n) is 2.98. The fraction of sp³-hybridized carbons (Fsp3) is 0.667. The smallest absolute Gasteiger partial charge is 0.307 e. The SMILES string of the molecule is CC(C)SC(C#N)=CC1[C@@H](C(=O)O)C1(C)C. The number of thioether (sulfide) groups is 1. The molecule has 0 aliphatic heterocycles. The van der Waals surface area contributed by atoms with Crippen LogP contribution >= 0.6 is 11.8 Å². The zero-order valence-corrected chi connectivity index (χ0v) is 10.8. The van der Waals surface area contributed by atoms with Crippen LogP contribution in [0, 0.1) is 28.6 Å². The molecule has 1 aliphatic rings. The summed E-state index contributed by atoms with van der Waals surface area (Å²) in [5, 5.41) is 18.3. The maximum absolute atomic E-state index is 11.0. The highest BCUT2D eigenvalue weighted by molar-refractivity contribution is 8.03. The van der Waals surface area contributed by atoms with Gasteiger partial charge >= 0.3 is 5.97 Å². The lowest BCUT2D eigenvalue weighted by molar-refractivity contribution is -0.139. The van der Waals surface area contributed by atoms with Crippen molar-refractivity contribution in [2.45, 2.75) is 32.9 Å². The monoisotopic (exact) mass is 239 g/mol. The Hall–Kier alpha value is -0.950. The number of rotatable bonds is 4. The van der Waals surface area contributed by atoms with E-state index in [1.165, 1.54) is 11.8 Å². The van der Waals surface area contributed by atoms with Gasteiger partial charge in [0.15, 0.2) is 0 Å². The van der Waals surface area contributed by atoms with E-state index in [1.807, 2.05) is 33.8 Å². The van der Waals surface area contributed by atoms with E-state index in [2.05, 4.69) is 6.07 Å². The quantitative estimate of drug-likeness (QED) is 0.766. The summed E-state index contributed by atoms with van der Waals surface area (Å²) < 4.78 is 0. The van der Waals surface area contributed by atoms with Gasteiger partial charge in [0, 0.05) is 5.25 Å². The zero-order chi connectivity index (χ0) is 12.5. The molecule has 2 atom stereocenters. The van der Waals surface area contributed by atoms with Gasteiger partial charge < -0.3 is 5.11 Å². The Labute approximate surface area is 101 Å². The molecule has 0 bridgehead atoms. The molecule has 0 aromatic rings. The van der Waals surface area contributed by atoms with Crippen LogP contribution in [-0.2, 0) is 4.79 Å². The van der Waals surface area contributed by atoms with E-state index in [0.29, 0.717) is 10.2 Å². The van der Waals surface area contributed by atoms with E-state index in [4.69, 9.17) is 10.4 Å². The average Bonchev–Trinajstić information content (AvgIpc) is 2.66. The Balaban J connectivity index is 2.78. The van der Waals surface area contributed by atoms with Crippen LogP contribution < -0.4 is 0 Å². The van der Waals surface area contributed by atoms with Gasteiger partial charge in [-0.2, -0.15) is 5.26 Å². The first-order valence-electron chi connectivity index (χ1n) is 5.32. The number of carbonyl (C=O) groups is 1. The molecule has 1 rings (SSSR count). The zero-order valence-electron chi connectivity index (χ0n) is 10.0. The topological polar surface area (TPSA) is 61.1 Å². The summed E-state index contributed by atoms with van der Waals surface area (Å²) in [7, 11) is 0. The Bertz CT molecular complexity index is 366. The van der Waals surface area contributed by atoms with Crippen molar-refractivity contribution in [1.29, 1.82) is 5.26 Å². The van der Waals surface area contributed by atoms with Crippen LogP contribution in [0.5, 0.6) is 0 Å². The number of carboxylic acid groups (broad SMARTS) is 1.